The Morgan fingerprint density at radius 3 is 2.81 bits per heavy atom. The summed E-state index contributed by atoms with van der Waals surface area (Å²) in [6.07, 6.45) is 3.44. The SMILES string of the molecule is CCn1cc(Oc2ccc(CCl)nn2)cn1. The van der Waals surface area contributed by atoms with Crippen LogP contribution in [0, 0.1) is 0 Å². The molecule has 0 aliphatic rings. The number of aryl methyl sites for hydroxylation is 1. The quantitative estimate of drug-likeness (QED) is 0.767. The van der Waals surface area contributed by atoms with E-state index in [0.717, 1.165) is 12.2 Å². The van der Waals surface area contributed by atoms with Gasteiger partial charge in [0.25, 0.3) is 0 Å². The smallest absolute Gasteiger partial charge is 0.239 e. The highest BCUT2D eigenvalue weighted by atomic mass is 35.5. The van der Waals surface area contributed by atoms with Crippen molar-refractivity contribution in [3.8, 4) is 11.6 Å². The highest BCUT2D eigenvalue weighted by Gasteiger charge is 2.02. The molecule has 0 spiro atoms. The van der Waals surface area contributed by atoms with Crippen LogP contribution in [0.3, 0.4) is 0 Å². The summed E-state index contributed by atoms with van der Waals surface area (Å²) in [4.78, 5) is 0. The first kappa shape index (κ1) is 10.9. The number of hydrogen-bond donors (Lipinski definition) is 0. The summed E-state index contributed by atoms with van der Waals surface area (Å²) in [5.74, 6) is 1.43. The number of nitrogens with zero attached hydrogens (tertiary/aromatic N) is 4. The third-order valence-corrected chi connectivity index (χ3v) is 2.26. The van der Waals surface area contributed by atoms with Crippen LogP contribution in [0.25, 0.3) is 0 Å². The van der Waals surface area contributed by atoms with E-state index < -0.39 is 0 Å². The zero-order valence-corrected chi connectivity index (χ0v) is 9.55. The van der Waals surface area contributed by atoms with Crippen molar-refractivity contribution in [1.29, 1.82) is 0 Å². The van der Waals surface area contributed by atoms with Gasteiger partial charge in [-0.2, -0.15) is 10.2 Å². The van der Waals surface area contributed by atoms with Gasteiger partial charge in [0.1, 0.15) is 0 Å². The number of aromatic nitrogens is 4. The Labute approximate surface area is 98.0 Å². The molecular weight excluding hydrogens is 228 g/mol. The minimum Gasteiger partial charge on any atom is -0.434 e. The lowest BCUT2D eigenvalue weighted by atomic mass is 10.4. The van der Waals surface area contributed by atoms with E-state index >= 15 is 0 Å². The summed E-state index contributed by atoms with van der Waals surface area (Å²) < 4.78 is 7.23. The molecular formula is C10H11ClN4O. The molecule has 0 aromatic carbocycles. The Bertz CT molecular complexity index is 454. The first-order valence-corrected chi connectivity index (χ1v) is 5.44. The van der Waals surface area contributed by atoms with Gasteiger partial charge in [-0.25, -0.2) is 0 Å². The van der Waals surface area contributed by atoms with Crippen molar-refractivity contribution in [2.45, 2.75) is 19.3 Å². The van der Waals surface area contributed by atoms with Gasteiger partial charge in [0.15, 0.2) is 5.75 Å². The summed E-state index contributed by atoms with van der Waals surface area (Å²) >= 11 is 5.60. The van der Waals surface area contributed by atoms with Crippen LogP contribution in [0.1, 0.15) is 12.6 Å². The van der Waals surface area contributed by atoms with Gasteiger partial charge in [0.2, 0.25) is 5.88 Å². The summed E-state index contributed by atoms with van der Waals surface area (Å²) in [6, 6.07) is 3.51. The van der Waals surface area contributed by atoms with E-state index in [1.165, 1.54) is 0 Å². The van der Waals surface area contributed by atoms with E-state index in [2.05, 4.69) is 15.3 Å². The molecule has 0 saturated heterocycles. The molecule has 0 aliphatic carbocycles. The summed E-state index contributed by atoms with van der Waals surface area (Å²) in [5, 5.41) is 11.9. The van der Waals surface area contributed by atoms with Gasteiger partial charge >= 0.3 is 0 Å². The second-order valence-electron chi connectivity index (χ2n) is 3.13. The van der Waals surface area contributed by atoms with Gasteiger partial charge in [-0.3, -0.25) is 4.68 Å². The minimum absolute atomic E-state index is 0.348. The van der Waals surface area contributed by atoms with E-state index in [0.29, 0.717) is 17.5 Å². The number of halogens is 1. The molecule has 0 saturated carbocycles. The van der Waals surface area contributed by atoms with Crippen molar-refractivity contribution in [1.82, 2.24) is 20.0 Å². The number of alkyl halides is 1. The largest absolute Gasteiger partial charge is 0.434 e. The minimum atomic E-state index is 0.348. The van der Waals surface area contributed by atoms with E-state index in [4.69, 9.17) is 16.3 Å². The number of hydrogen-bond acceptors (Lipinski definition) is 4. The molecule has 2 aromatic heterocycles. The highest BCUT2D eigenvalue weighted by molar-refractivity contribution is 6.16. The van der Waals surface area contributed by atoms with Gasteiger partial charge in [0.05, 0.1) is 24.0 Å². The Hall–Kier alpha value is -1.62. The molecule has 2 heterocycles. The van der Waals surface area contributed by atoms with Crippen molar-refractivity contribution >= 4 is 11.6 Å². The van der Waals surface area contributed by atoms with E-state index in [-0.39, 0.29) is 0 Å². The predicted molar refractivity (Wildman–Crippen MR) is 59.6 cm³/mol. The molecule has 0 amide bonds. The first-order valence-electron chi connectivity index (χ1n) is 4.90. The molecule has 2 rings (SSSR count). The maximum Gasteiger partial charge on any atom is 0.239 e. The van der Waals surface area contributed by atoms with E-state index in [9.17, 15) is 0 Å². The summed E-state index contributed by atoms with van der Waals surface area (Å²) in [7, 11) is 0. The lowest BCUT2D eigenvalue weighted by molar-refractivity contribution is 0.453. The Kier molecular flexibility index (Phi) is 3.36. The van der Waals surface area contributed by atoms with Crippen LogP contribution in [0.2, 0.25) is 0 Å². The molecule has 0 bridgehead atoms. The summed E-state index contributed by atoms with van der Waals surface area (Å²) in [5.41, 5.74) is 0.721. The van der Waals surface area contributed by atoms with Crippen molar-refractivity contribution in [2.75, 3.05) is 0 Å². The number of rotatable bonds is 4. The van der Waals surface area contributed by atoms with Crippen LogP contribution in [0.15, 0.2) is 24.5 Å². The lowest BCUT2D eigenvalue weighted by Crippen LogP contribution is -1.93. The fourth-order valence-corrected chi connectivity index (χ4v) is 1.31. The number of ether oxygens (including phenoxy) is 1. The average molecular weight is 239 g/mol. The monoisotopic (exact) mass is 238 g/mol. The average Bonchev–Trinajstić information content (AvgIpc) is 2.78. The molecule has 0 atom stereocenters. The van der Waals surface area contributed by atoms with Gasteiger partial charge < -0.3 is 4.74 Å². The van der Waals surface area contributed by atoms with Crippen LogP contribution < -0.4 is 4.74 Å². The third kappa shape index (κ3) is 2.49. The molecule has 0 aliphatic heterocycles. The molecule has 2 aromatic rings. The Morgan fingerprint density at radius 2 is 2.25 bits per heavy atom. The molecule has 5 nitrogen and oxygen atoms in total. The molecule has 0 fully saturated rings. The van der Waals surface area contributed by atoms with Crippen molar-refractivity contribution in [3.05, 3.63) is 30.2 Å². The Morgan fingerprint density at radius 1 is 1.38 bits per heavy atom. The van der Waals surface area contributed by atoms with Gasteiger partial charge in [-0.1, -0.05) is 0 Å². The topological polar surface area (TPSA) is 52.8 Å². The maximum atomic E-state index is 5.60. The zero-order chi connectivity index (χ0) is 11.4. The zero-order valence-electron chi connectivity index (χ0n) is 8.80. The normalized spacial score (nSPS) is 10.4. The molecule has 84 valence electrons. The fourth-order valence-electron chi connectivity index (χ4n) is 1.16. The van der Waals surface area contributed by atoms with Crippen LogP contribution >= 0.6 is 11.6 Å². The highest BCUT2D eigenvalue weighted by Crippen LogP contribution is 2.17. The van der Waals surface area contributed by atoms with Crippen molar-refractivity contribution in [3.63, 3.8) is 0 Å². The van der Waals surface area contributed by atoms with Crippen molar-refractivity contribution in [2.24, 2.45) is 0 Å². The van der Waals surface area contributed by atoms with Crippen LogP contribution in [-0.2, 0) is 12.4 Å². The fraction of sp³-hybridized carbons (Fsp3) is 0.300. The first-order chi connectivity index (χ1) is 7.81. The standard InChI is InChI=1S/C10H11ClN4O/c1-2-15-7-9(6-12-15)16-10-4-3-8(5-11)13-14-10/h3-4,6-7H,2,5H2,1H3. The predicted octanol–water partition coefficient (Wildman–Crippen LogP) is 2.22. The molecule has 0 radical (unpaired) electrons. The maximum absolute atomic E-state index is 5.60. The van der Waals surface area contributed by atoms with Gasteiger partial charge in [0, 0.05) is 12.6 Å². The molecule has 6 heteroatoms. The third-order valence-electron chi connectivity index (χ3n) is 1.99. The van der Waals surface area contributed by atoms with Gasteiger partial charge in [-0.15, -0.1) is 16.7 Å². The lowest BCUT2D eigenvalue weighted by Gasteiger charge is -2.00. The summed E-state index contributed by atoms with van der Waals surface area (Å²) in [6.45, 7) is 2.81. The second kappa shape index (κ2) is 4.94. The van der Waals surface area contributed by atoms with Crippen LogP contribution in [-0.4, -0.2) is 20.0 Å². The van der Waals surface area contributed by atoms with E-state index in [1.54, 1.807) is 29.2 Å². The van der Waals surface area contributed by atoms with Crippen LogP contribution in [0.5, 0.6) is 11.6 Å². The van der Waals surface area contributed by atoms with E-state index in [1.807, 2.05) is 6.92 Å². The van der Waals surface area contributed by atoms with Gasteiger partial charge in [-0.05, 0) is 13.0 Å². The van der Waals surface area contributed by atoms with Crippen molar-refractivity contribution < 1.29 is 4.74 Å². The molecule has 16 heavy (non-hydrogen) atoms. The Balaban J connectivity index is 2.08. The molecule has 0 N–H and O–H groups in total. The van der Waals surface area contributed by atoms with Crippen LogP contribution in [0.4, 0.5) is 0 Å². The molecule has 0 unspecified atom stereocenters. The second-order valence-corrected chi connectivity index (χ2v) is 3.40.